The number of likely N-dealkylation sites (tertiary alicyclic amines) is 1. The van der Waals surface area contributed by atoms with Crippen molar-refractivity contribution in [2.75, 3.05) is 13.1 Å². The van der Waals surface area contributed by atoms with Gasteiger partial charge in [-0.3, -0.25) is 4.79 Å². The first-order valence-electron chi connectivity index (χ1n) is 9.05. The van der Waals surface area contributed by atoms with E-state index in [9.17, 15) is 9.18 Å². The molecular weight excluding hydrogens is 379 g/mol. The van der Waals surface area contributed by atoms with E-state index in [2.05, 4.69) is 15.0 Å². The normalized spacial score (nSPS) is 16.8. The van der Waals surface area contributed by atoms with Crippen LogP contribution in [-0.2, 0) is 0 Å². The molecule has 2 aromatic heterocycles. The fourth-order valence-electron chi connectivity index (χ4n) is 3.27. The average molecular weight is 398 g/mol. The van der Waals surface area contributed by atoms with Crippen molar-refractivity contribution >= 4 is 17.2 Å². The van der Waals surface area contributed by atoms with E-state index in [0.29, 0.717) is 36.2 Å². The summed E-state index contributed by atoms with van der Waals surface area (Å²) in [6, 6.07) is 7.54. The van der Waals surface area contributed by atoms with Crippen LogP contribution in [0.2, 0.25) is 0 Å². The Bertz CT molecular complexity index is 963. The second-order valence-corrected chi connectivity index (χ2v) is 7.44. The SMILES string of the molecule is Cc1cc(Oc2ccc(F)cc2)nc([C@H]2CCCN(C(=O)c3cscn3)C2)n1. The number of halogens is 1. The molecule has 3 heterocycles. The molecule has 6 nitrogen and oxygen atoms in total. The summed E-state index contributed by atoms with van der Waals surface area (Å²) >= 11 is 1.41. The smallest absolute Gasteiger partial charge is 0.273 e. The third kappa shape index (κ3) is 4.17. The van der Waals surface area contributed by atoms with Crippen molar-refractivity contribution in [1.82, 2.24) is 19.9 Å². The Balaban J connectivity index is 1.52. The highest BCUT2D eigenvalue weighted by molar-refractivity contribution is 7.07. The number of thiazole rings is 1. The lowest BCUT2D eigenvalue weighted by Gasteiger charge is -2.31. The van der Waals surface area contributed by atoms with E-state index in [-0.39, 0.29) is 17.6 Å². The molecule has 1 aromatic carbocycles. The molecule has 144 valence electrons. The van der Waals surface area contributed by atoms with Gasteiger partial charge >= 0.3 is 0 Å². The zero-order valence-electron chi connectivity index (χ0n) is 15.3. The molecule has 1 fully saturated rings. The molecule has 4 rings (SSSR count). The number of hydrogen-bond acceptors (Lipinski definition) is 6. The summed E-state index contributed by atoms with van der Waals surface area (Å²) in [7, 11) is 0. The lowest BCUT2D eigenvalue weighted by Crippen LogP contribution is -2.39. The predicted molar refractivity (Wildman–Crippen MR) is 103 cm³/mol. The molecule has 1 saturated heterocycles. The number of rotatable bonds is 4. The number of carbonyl (C=O) groups is 1. The lowest BCUT2D eigenvalue weighted by molar-refractivity contribution is 0.0699. The molecule has 1 atom stereocenters. The van der Waals surface area contributed by atoms with Crippen LogP contribution in [0.3, 0.4) is 0 Å². The van der Waals surface area contributed by atoms with Gasteiger partial charge in [0, 0.05) is 36.1 Å². The Labute approximate surface area is 166 Å². The van der Waals surface area contributed by atoms with E-state index in [1.807, 2.05) is 11.8 Å². The van der Waals surface area contributed by atoms with Gasteiger partial charge in [0.2, 0.25) is 5.88 Å². The Morgan fingerprint density at radius 3 is 2.86 bits per heavy atom. The number of ether oxygens (including phenoxy) is 1. The third-order valence-electron chi connectivity index (χ3n) is 4.61. The zero-order valence-corrected chi connectivity index (χ0v) is 16.2. The summed E-state index contributed by atoms with van der Waals surface area (Å²) in [6.07, 6.45) is 1.78. The Kier molecular flexibility index (Phi) is 5.29. The van der Waals surface area contributed by atoms with Gasteiger partial charge in [0.05, 0.1) is 5.51 Å². The summed E-state index contributed by atoms with van der Waals surface area (Å²) in [5.41, 5.74) is 2.93. The summed E-state index contributed by atoms with van der Waals surface area (Å²) in [5, 5.41) is 1.77. The number of aryl methyl sites for hydroxylation is 1. The topological polar surface area (TPSA) is 68.2 Å². The molecule has 0 aliphatic carbocycles. The molecule has 0 spiro atoms. The number of amides is 1. The van der Waals surface area contributed by atoms with Crippen molar-refractivity contribution in [3.05, 3.63) is 64.3 Å². The van der Waals surface area contributed by atoms with E-state index < -0.39 is 0 Å². The third-order valence-corrected chi connectivity index (χ3v) is 5.20. The highest BCUT2D eigenvalue weighted by Crippen LogP contribution is 2.28. The van der Waals surface area contributed by atoms with E-state index >= 15 is 0 Å². The Morgan fingerprint density at radius 1 is 1.29 bits per heavy atom. The highest BCUT2D eigenvalue weighted by Gasteiger charge is 2.28. The van der Waals surface area contributed by atoms with E-state index in [1.54, 1.807) is 29.1 Å². The van der Waals surface area contributed by atoms with Crippen molar-refractivity contribution in [1.29, 1.82) is 0 Å². The van der Waals surface area contributed by atoms with Crippen LogP contribution in [0.4, 0.5) is 4.39 Å². The van der Waals surface area contributed by atoms with Gasteiger partial charge in [-0.15, -0.1) is 11.3 Å². The molecular formula is C20H19FN4O2S. The molecule has 0 bridgehead atoms. The minimum absolute atomic E-state index is 0.0341. The first-order chi connectivity index (χ1) is 13.6. The summed E-state index contributed by atoms with van der Waals surface area (Å²) in [6.45, 7) is 3.14. The minimum Gasteiger partial charge on any atom is -0.439 e. The maximum absolute atomic E-state index is 13.1. The molecule has 0 N–H and O–H groups in total. The van der Waals surface area contributed by atoms with Crippen LogP contribution in [0.15, 0.2) is 41.2 Å². The summed E-state index contributed by atoms with van der Waals surface area (Å²) < 4.78 is 18.9. The van der Waals surface area contributed by atoms with E-state index in [0.717, 1.165) is 18.5 Å². The molecule has 1 amide bonds. The Morgan fingerprint density at radius 2 is 2.11 bits per heavy atom. The standard InChI is InChI=1S/C20H19FN4O2S/c1-13-9-18(27-16-6-4-15(21)5-7-16)24-19(23-13)14-3-2-8-25(10-14)20(26)17-11-28-12-22-17/h4-7,9,11-12,14H,2-3,8,10H2,1H3/t14-/m0/s1. The number of benzene rings is 1. The van der Waals surface area contributed by atoms with Crippen LogP contribution in [-0.4, -0.2) is 38.8 Å². The number of carbonyl (C=O) groups excluding carboxylic acids is 1. The zero-order chi connectivity index (χ0) is 19.5. The van der Waals surface area contributed by atoms with Gasteiger partial charge in [-0.25, -0.2) is 14.4 Å². The van der Waals surface area contributed by atoms with Gasteiger partial charge in [-0.2, -0.15) is 4.98 Å². The van der Waals surface area contributed by atoms with Gasteiger partial charge in [0.15, 0.2) is 0 Å². The average Bonchev–Trinajstić information content (AvgIpc) is 3.24. The van der Waals surface area contributed by atoms with E-state index in [4.69, 9.17) is 4.74 Å². The van der Waals surface area contributed by atoms with Crippen LogP contribution < -0.4 is 4.74 Å². The maximum Gasteiger partial charge on any atom is 0.273 e. The van der Waals surface area contributed by atoms with Gasteiger partial charge in [0.1, 0.15) is 23.1 Å². The van der Waals surface area contributed by atoms with Crippen LogP contribution in [0.25, 0.3) is 0 Å². The number of hydrogen-bond donors (Lipinski definition) is 0. The largest absolute Gasteiger partial charge is 0.439 e. The van der Waals surface area contributed by atoms with Crippen molar-refractivity contribution < 1.29 is 13.9 Å². The molecule has 1 aliphatic rings. The first kappa shape index (κ1) is 18.5. The monoisotopic (exact) mass is 398 g/mol. The van der Waals surface area contributed by atoms with Crippen molar-refractivity contribution in [2.24, 2.45) is 0 Å². The number of piperidine rings is 1. The fraction of sp³-hybridized carbons (Fsp3) is 0.300. The van der Waals surface area contributed by atoms with E-state index in [1.165, 1.54) is 23.5 Å². The van der Waals surface area contributed by atoms with Gasteiger partial charge in [-0.05, 0) is 44.0 Å². The van der Waals surface area contributed by atoms with Gasteiger partial charge in [0.25, 0.3) is 5.91 Å². The van der Waals surface area contributed by atoms with Gasteiger partial charge in [-0.1, -0.05) is 0 Å². The molecule has 28 heavy (non-hydrogen) atoms. The molecule has 8 heteroatoms. The molecule has 3 aromatic rings. The van der Waals surface area contributed by atoms with Crippen LogP contribution in [0, 0.1) is 12.7 Å². The lowest BCUT2D eigenvalue weighted by atomic mass is 9.97. The molecule has 1 aliphatic heterocycles. The number of aromatic nitrogens is 3. The molecule has 0 radical (unpaired) electrons. The summed E-state index contributed by atoms with van der Waals surface area (Å²) in [5.74, 6) is 1.24. The minimum atomic E-state index is -0.320. The maximum atomic E-state index is 13.1. The van der Waals surface area contributed by atoms with Crippen molar-refractivity contribution in [3.63, 3.8) is 0 Å². The predicted octanol–water partition coefficient (Wildman–Crippen LogP) is 4.19. The van der Waals surface area contributed by atoms with Gasteiger partial charge < -0.3 is 9.64 Å². The van der Waals surface area contributed by atoms with Crippen LogP contribution in [0.1, 0.15) is 40.8 Å². The van der Waals surface area contributed by atoms with Crippen molar-refractivity contribution in [3.8, 4) is 11.6 Å². The highest BCUT2D eigenvalue weighted by atomic mass is 32.1. The summed E-state index contributed by atoms with van der Waals surface area (Å²) in [4.78, 5) is 27.7. The second kappa shape index (κ2) is 8.02. The van der Waals surface area contributed by atoms with Crippen LogP contribution in [0.5, 0.6) is 11.6 Å². The molecule has 0 unspecified atom stereocenters. The number of nitrogens with zero attached hydrogens (tertiary/aromatic N) is 4. The van der Waals surface area contributed by atoms with Crippen LogP contribution >= 0.6 is 11.3 Å². The quantitative estimate of drug-likeness (QED) is 0.659. The first-order valence-corrected chi connectivity index (χ1v) is 9.99. The van der Waals surface area contributed by atoms with Crippen molar-refractivity contribution in [2.45, 2.75) is 25.7 Å². The molecule has 0 saturated carbocycles. The fourth-order valence-corrected chi connectivity index (χ4v) is 3.80. The second-order valence-electron chi connectivity index (χ2n) is 6.73. The Hall–Kier alpha value is -2.87.